The zero-order chi connectivity index (χ0) is 21.2. The number of anilines is 1. The lowest BCUT2D eigenvalue weighted by Gasteiger charge is -2.23. The molecular weight excluding hydrogens is 448 g/mol. The Kier molecular flexibility index (Phi) is 6.44. The van der Waals surface area contributed by atoms with Crippen molar-refractivity contribution in [3.8, 4) is 17.0 Å². The van der Waals surface area contributed by atoms with Crippen LogP contribution in [0.4, 0.5) is 5.13 Å². The van der Waals surface area contributed by atoms with Gasteiger partial charge in [-0.25, -0.2) is 4.98 Å². The first-order valence-corrected chi connectivity index (χ1v) is 11.0. The van der Waals surface area contributed by atoms with Crippen LogP contribution in [0.1, 0.15) is 36.8 Å². The summed E-state index contributed by atoms with van der Waals surface area (Å²) in [6.45, 7) is 10.4. The molecule has 0 spiro atoms. The predicted octanol–water partition coefficient (Wildman–Crippen LogP) is 6.50. The maximum Gasteiger partial charge on any atom is 0.264 e. The fourth-order valence-electron chi connectivity index (χ4n) is 2.94. The van der Waals surface area contributed by atoms with Gasteiger partial charge in [0.1, 0.15) is 5.75 Å². The van der Waals surface area contributed by atoms with Crippen LogP contribution in [0.25, 0.3) is 11.3 Å². The standard InChI is InChI=1S/C23H25BrN2O2S/c1-14-6-8-16(9-7-14)21-15(2)29-22(26-21)25-20(27)13-28-19-11-10-17(24)12-18(19)23(3,4)5/h6-12H,13H2,1-5H3,(H,25,26,27). The van der Waals surface area contributed by atoms with Gasteiger partial charge in [0.25, 0.3) is 5.91 Å². The third kappa shape index (κ3) is 5.46. The number of nitrogens with one attached hydrogen (secondary N) is 1. The molecule has 0 fully saturated rings. The predicted molar refractivity (Wildman–Crippen MR) is 124 cm³/mol. The molecule has 0 atom stereocenters. The van der Waals surface area contributed by atoms with E-state index in [0.29, 0.717) is 10.9 Å². The number of nitrogens with zero attached hydrogens (tertiary/aromatic N) is 1. The molecule has 1 heterocycles. The molecule has 4 nitrogen and oxygen atoms in total. The van der Waals surface area contributed by atoms with Crippen LogP contribution in [-0.4, -0.2) is 17.5 Å². The van der Waals surface area contributed by atoms with E-state index in [1.54, 1.807) is 0 Å². The molecule has 0 saturated carbocycles. The van der Waals surface area contributed by atoms with E-state index < -0.39 is 0 Å². The summed E-state index contributed by atoms with van der Waals surface area (Å²) >= 11 is 4.97. The SMILES string of the molecule is Cc1ccc(-c2nc(NC(=O)COc3ccc(Br)cc3C(C)(C)C)sc2C)cc1. The zero-order valence-electron chi connectivity index (χ0n) is 17.3. The highest BCUT2D eigenvalue weighted by molar-refractivity contribution is 9.10. The van der Waals surface area contributed by atoms with Crippen LogP contribution in [0.2, 0.25) is 0 Å². The number of aryl methyl sites for hydroxylation is 2. The van der Waals surface area contributed by atoms with E-state index in [2.05, 4.69) is 66.1 Å². The van der Waals surface area contributed by atoms with Gasteiger partial charge in [-0.05, 0) is 37.5 Å². The summed E-state index contributed by atoms with van der Waals surface area (Å²) in [4.78, 5) is 18.1. The van der Waals surface area contributed by atoms with Crippen molar-refractivity contribution in [2.24, 2.45) is 0 Å². The van der Waals surface area contributed by atoms with Gasteiger partial charge in [-0.1, -0.05) is 66.5 Å². The van der Waals surface area contributed by atoms with Crippen LogP contribution in [0.15, 0.2) is 46.9 Å². The normalized spacial score (nSPS) is 11.4. The van der Waals surface area contributed by atoms with Crippen LogP contribution < -0.4 is 10.1 Å². The minimum Gasteiger partial charge on any atom is -0.483 e. The van der Waals surface area contributed by atoms with Gasteiger partial charge >= 0.3 is 0 Å². The summed E-state index contributed by atoms with van der Waals surface area (Å²) in [5.74, 6) is 0.489. The molecule has 3 rings (SSSR count). The highest BCUT2D eigenvalue weighted by Gasteiger charge is 2.20. The van der Waals surface area contributed by atoms with E-state index in [4.69, 9.17) is 4.74 Å². The second-order valence-electron chi connectivity index (χ2n) is 8.02. The fourth-order valence-corrected chi connectivity index (χ4v) is 4.16. The molecule has 6 heteroatoms. The minimum absolute atomic E-state index is 0.0663. The summed E-state index contributed by atoms with van der Waals surface area (Å²) < 4.78 is 6.82. The minimum atomic E-state index is -0.225. The van der Waals surface area contributed by atoms with Crippen molar-refractivity contribution in [2.45, 2.75) is 40.0 Å². The van der Waals surface area contributed by atoms with E-state index in [-0.39, 0.29) is 17.9 Å². The maximum absolute atomic E-state index is 12.4. The monoisotopic (exact) mass is 472 g/mol. The maximum atomic E-state index is 12.4. The summed E-state index contributed by atoms with van der Waals surface area (Å²) in [6, 6.07) is 14.1. The third-order valence-electron chi connectivity index (χ3n) is 4.48. The summed E-state index contributed by atoms with van der Waals surface area (Å²) in [5.41, 5.74) is 4.10. The second-order valence-corrected chi connectivity index (χ2v) is 10.1. The van der Waals surface area contributed by atoms with Crippen molar-refractivity contribution in [3.05, 3.63) is 62.9 Å². The molecule has 0 aliphatic heterocycles. The molecular formula is C23H25BrN2O2S. The van der Waals surface area contributed by atoms with Gasteiger partial charge in [-0.3, -0.25) is 10.1 Å². The molecule has 3 aromatic rings. The Labute approximate surface area is 184 Å². The first-order chi connectivity index (χ1) is 13.6. The number of halogens is 1. The van der Waals surface area contributed by atoms with E-state index in [1.807, 2.05) is 37.3 Å². The zero-order valence-corrected chi connectivity index (χ0v) is 19.7. The lowest BCUT2D eigenvalue weighted by atomic mass is 9.86. The van der Waals surface area contributed by atoms with Crippen molar-refractivity contribution >= 4 is 38.3 Å². The Balaban J connectivity index is 1.68. The van der Waals surface area contributed by atoms with Crippen molar-refractivity contribution in [3.63, 3.8) is 0 Å². The van der Waals surface area contributed by atoms with E-state index in [1.165, 1.54) is 16.9 Å². The van der Waals surface area contributed by atoms with E-state index in [0.717, 1.165) is 26.2 Å². The summed E-state index contributed by atoms with van der Waals surface area (Å²) in [5, 5.41) is 3.44. The molecule has 0 saturated heterocycles. The second kappa shape index (κ2) is 8.67. The molecule has 1 N–H and O–H groups in total. The number of hydrogen-bond donors (Lipinski definition) is 1. The lowest BCUT2D eigenvalue weighted by molar-refractivity contribution is -0.118. The molecule has 0 unspecified atom stereocenters. The van der Waals surface area contributed by atoms with Crippen molar-refractivity contribution in [2.75, 3.05) is 11.9 Å². The summed E-state index contributed by atoms with van der Waals surface area (Å²) in [6.07, 6.45) is 0. The molecule has 1 aromatic heterocycles. The number of carbonyl (C=O) groups excluding carboxylic acids is 1. The largest absolute Gasteiger partial charge is 0.483 e. The molecule has 0 aliphatic carbocycles. The summed E-state index contributed by atoms with van der Waals surface area (Å²) in [7, 11) is 0. The van der Waals surface area contributed by atoms with Gasteiger partial charge < -0.3 is 4.74 Å². The molecule has 29 heavy (non-hydrogen) atoms. The fraction of sp³-hybridized carbons (Fsp3) is 0.304. The molecule has 0 bridgehead atoms. The van der Waals surface area contributed by atoms with E-state index in [9.17, 15) is 4.79 Å². The average molecular weight is 473 g/mol. The number of benzene rings is 2. The number of ether oxygens (including phenoxy) is 1. The molecule has 0 aliphatic rings. The molecule has 1 amide bonds. The number of carbonyl (C=O) groups is 1. The van der Waals surface area contributed by atoms with Crippen LogP contribution in [0.3, 0.4) is 0 Å². The van der Waals surface area contributed by atoms with E-state index >= 15 is 0 Å². The number of hydrogen-bond acceptors (Lipinski definition) is 4. The van der Waals surface area contributed by atoms with Crippen molar-refractivity contribution in [1.82, 2.24) is 4.98 Å². The number of rotatable bonds is 5. The van der Waals surface area contributed by atoms with Gasteiger partial charge in [0, 0.05) is 20.5 Å². The Morgan fingerprint density at radius 3 is 2.48 bits per heavy atom. The Hall–Kier alpha value is -2.18. The molecule has 152 valence electrons. The number of aromatic nitrogens is 1. The first-order valence-electron chi connectivity index (χ1n) is 9.40. The van der Waals surface area contributed by atoms with Gasteiger partial charge in [-0.2, -0.15) is 0 Å². The van der Waals surface area contributed by atoms with Crippen molar-refractivity contribution < 1.29 is 9.53 Å². The topological polar surface area (TPSA) is 51.2 Å². The van der Waals surface area contributed by atoms with Crippen LogP contribution in [0, 0.1) is 13.8 Å². The highest BCUT2D eigenvalue weighted by Crippen LogP contribution is 2.34. The molecule has 0 radical (unpaired) electrons. The third-order valence-corrected chi connectivity index (χ3v) is 5.86. The van der Waals surface area contributed by atoms with Gasteiger partial charge in [0.15, 0.2) is 11.7 Å². The molecule has 2 aromatic carbocycles. The average Bonchev–Trinajstić information content (AvgIpc) is 3.00. The van der Waals surface area contributed by atoms with Gasteiger partial charge in [0.05, 0.1) is 5.69 Å². The first kappa shape index (κ1) is 21.5. The Morgan fingerprint density at radius 2 is 1.83 bits per heavy atom. The van der Waals surface area contributed by atoms with Crippen molar-refractivity contribution in [1.29, 1.82) is 0 Å². The van der Waals surface area contributed by atoms with Crippen LogP contribution in [-0.2, 0) is 10.2 Å². The number of thiazole rings is 1. The van der Waals surface area contributed by atoms with Gasteiger partial charge in [0.2, 0.25) is 0 Å². The van der Waals surface area contributed by atoms with Crippen LogP contribution in [0.5, 0.6) is 5.75 Å². The Morgan fingerprint density at radius 1 is 1.14 bits per heavy atom. The number of amides is 1. The smallest absolute Gasteiger partial charge is 0.264 e. The lowest BCUT2D eigenvalue weighted by Crippen LogP contribution is -2.22. The Bertz CT molecular complexity index is 1020. The quantitative estimate of drug-likeness (QED) is 0.460. The van der Waals surface area contributed by atoms with Gasteiger partial charge in [-0.15, -0.1) is 11.3 Å². The highest BCUT2D eigenvalue weighted by atomic mass is 79.9. The van der Waals surface area contributed by atoms with Crippen LogP contribution >= 0.6 is 27.3 Å².